The summed E-state index contributed by atoms with van der Waals surface area (Å²) in [5.41, 5.74) is 0.0312. The van der Waals surface area contributed by atoms with Crippen molar-refractivity contribution in [1.29, 1.82) is 10.5 Å². The predicted molar refractivity (Wildman–Crippen MR) is 63.4 cm³/mol. The Bertz CT molecular complexity index is 741. The van der Waals surface area contributed by atoms with Gasteiger partial charge in [-0.1, -0.05) is 0 Å². The number of rotatable bonds is 3. The second-order valence-electron chi connectivity index (χ2n) is 3.51. The van der Waals surface area contributed by atoms with Crippen LogP contribution in [0.4, 0.5) is 0 Å². The minimum absolute atomic E-state index is 0.0312. The number of ether oxygens (including phenoxy) is 2. The molecule has 0 amide bonds. The Morgan fingerprint density at radius 1 is 1.05 bits per heavy atom. The number of benzene rings is 2. The van der Waals surface area contributed by atoms with Gasteiger partial charge >= 0.3 is 5.97 Å². The molecule has 2 rings (SSSR count). The number of aromatic carboxylic acids is 1. The number of nitriles is 2. The van der Waals surface area contributed by atoms with E-state index in [1.54, 1.807) is 0 Å². The second-order valence-corrected chi connectivity index (χ2v) is 3.51. The molecule has 0 aliphatic carbocycles. The summed E-state index contributed by atoms with van der Waals surface area (Å²) in [6.07, 6.45) is 3.04. The van der Waals surface area contributed by atoms with Crippen molar-refractivity contribution in [2.75, 3.05) is 0 Å². The van der Waals surface area contributed by atoms with Crippen molar-refractivity contribution in [3.63, 3.8) is 0 Å². The normalized spacial score (nSPS) is 9.37. The summed E-state index contributed by atoms with van der Waals surface area (Å²) in [6.45, 7) is 0. The predicted octanol–water partition coefficient (Wildman–Crippen LogP) is 2.26. The lowest BCUT2D eigenvalue weighted by Gasteiger charge is -2.07. The van der Waals surface area contributed by atoms with Gasteiger partial charge in [-0.2, -0.15) is 0 Å². The van der Waals surface area contributed by atoms with Crippen LogP contribution >= 0.6 is 0 Å². The molecule has 0 aliphatic heterocycles. The lowest BCUT2D eigenvalue weighted by Crippen LogP contribution is -1.98. The van der Waals surface area contributed by atoms with E-state index in [1.807, 2.05) is 0 Å². The van der Waals surface area contributed by atoms with Crippen molar-refractivity contribution < 1.29 is 19.4 Å². The zero-order chi connectivity index (χ0) is 13.8. The minimum Gasteiger partial charge on any atom is -0.478 e. The zero-order valence-electron chi connectivity index (χ0n) is 9.45. The standard InChI is InChI=1S/C13H6N2O4/c14-6-18-8-1-2-9-11(5-8)10(13(16)17)3-4-12(9)19-7-15/h1-5H,(H,16,17). The molecule has 92 valence electrons. The molecule has 0 spiro atoms. The second kappa shape index (κ2) is 4.94. The summed E-state index contributed by atoms with van der Waals surface area (Å²) in [6, 6.07) is 7.15. The van der Waals surface area contributed by atoms with Gasteiger partial charge in [0.25, 0.3) is 12.5 Å². The van der Waals surface area contributed by atoms with E-state index < -0.39 is 5.97 Å². The van der Waals surface area contributed by atoms with Gasteiger partial charge < -0.3 is 14.6 Å². The van der Waals surface area contributed by atoms with Crippen molar-refractivity contribution >= 4 is 16.7 Å². The molecule has 0 aromatic heterocycles. The number of carbonyl (C=O) groups is 1. The fraction of sp³-hybridized carbons (Fsp3) is 0. The lowest BCUT2D eigenvalue weighted by molar-refractivity contribution is 0.0699. The molecule has 0 unspecified atom stereocenters. The molecule has 19 heavy (non-hydrogen) atoms. The first-order valence-corrected chi connectivity index (χ1v) is 5.09. The maximum absolute atomic E-state index is 11.1. The average molecular weight is 254 g/mol. The number of carboxylic acids is 1. The third-order valence-corrected chi connectivity index (χ3v) is 2.50. The Labute approximate surface area is 107 Å². The number of hydrogen-bond donors (Lipinski definition) is 1. The summed E-state index contributed by atoms with van der Waals surface area (Å²) >= 11 is 0. The van der Waals surface area contributed by atoms with Crippen molar-refractivity contribution in [3.8, 4) is 24.0 Å². The highest BCUT2D eigenvalue weighted by molar-refractivity contribution is 6.06. The average Bonchev–Trinajstić information content (AvgIpc) is 2.39. The van der Waals surface area contributed by atoms with Crippen LogP contribution in [0, 0.1) is 23.0 Å². The summed E-state index contributed by atoms with van der Waals surface area (Å²) in [7, 11) is 0. The first-order valence-electron chi connectivity index (χ1n) is 5.09. The van der Waals surface area contributed by atoms with Gasteiger partial charge in [-0.25, -0.2) is 4.79 Å². The van der Waals surface area contributed by atoms with Crippen LogP contribution in [-0.4, -0.2) is 11.1 Å². The van der Waals surface area contributed by atoms with Crippen LogP contribution in [0.5, 0.6) is 11.5 Å². The van der Waals surface area contributed by atoms with E-state index in [9.17, 15) is 4.79 Å². The molecule has 0 radical (unpaired) electrons. The maximum Gasteiger partial charge on any atom is 0.336 e. The first kappa shape index (κ1) is 12.2. The quantitative estimate of drug-likeness (QED) is 0.842. The Morgan fingerprint density at radius 3 is 2.42 bits per heavy atom. The first-order chi connectivity index (χ1) is 9.17. The highest BCUT2D eigenvalue weighted by atomic mass is 16.5. The molecule has 2 aromatic rings. The fourth-order valence-electron chi connectivity index (χ4n) is 1.74. The van der Waals surface area contributed by atoms with Crippen molar-refractivity contribution in [2.45, 2.75) is 0 Å². The molecule has 0 saturated carbocycles. The van der Waals surface area contributed by atoms with Crippen LogP contribution in [0.1, 0.15) is 10.4 Å². The third-order valence-electron chi connectivity index (χ3n) is 2.50. The van der Waals surface area contributed by atoms with E-state index in [-0.39, 0.29) is 17.1 Å². The highest BCUT2D eigenvalue weighted by Crippen LogP contribution is 2.31. The van der Waals surface area contributed by atoms with E-state index >= 15 is 0 Å². The summed E-state index contributed by atoms with van der Waals surface area (Å²) < 4.78 is 9.42. The zero-order valence-corrected chi connectivity index (χ0v) is 9.45. The number of hydrogen-bond acceptors (Lipinski definition) is 5. The lowest BCUT2D eigenvalue weighted by atomic mass is 10.0. The molecule has 6 nitrogen and oxygen atoms in total. The molecular formula is C13H6N2O4. The Kier molecular flexibility index (Phi) is 3.18. The Morgan fingerprint density at radius 2 is 1.79 bits per heavy atom. The van der Waals surface area contributed by atoms with Crippen LogP contribution in [0.2, 0.25) is 0 Å². The van der Waals surface area contributed by atoms with Gasteiger partial charge in [-0.3, -0.25) is 0 Å². The van der Waals surface area contributed by atoms with Crippen LogP contribution in [0.25, 0.3) is 10.8 Å². The largest absolute Gasteiger partial charge is 0.478 e. The fourth-order valence-corrected chi connectivity index (χ4v) is 1.74. The Hall–Kier alpha value is -3.25. The monoisotopic (exact) mass is 254 g/mol. The van der Waals surface area contributed by atoms with Crippen LogP contribution in [-0.2, 0) is 0 Å². The van der Waals surface area contributed by atoms with Gasteiger partial charge in [-0.05, 0) is 30.3 Å². The molecule has 1 N–H and O–H groups in total. The van der Waals surface area contributed by atoms with Crippen molar-refractivity contribution in [2.24, 2.45) is 0 Å². The van der Waals surface area contributed by atoms with Gasteiger partial charge in [0.05, 0.1) is 5.56 Å². The molecular weight excluding hydrogens is 248 g/mol. The van der Waals surface area contributed by atoms with Crippen molar-refractivity contribution in [3.05, 3.63) is 35.9 Å². The topological polar surface area (TPSA) is 103 Å². The van der Waals surface area contributed by atoms with E-state index in [2.05, 4.69) is 4.74 Å². The molecule has 0 aliphatic rings. The number of carboxylic acid groups (broad SMARTS) is 1. The van der Waals surface area contributed by atoms with Gasteiger partial charge in [0, 0.05) is 10.8 Å². The van der Waals surface area contributed by atoms with Crippen LogP contribution < -0.4 is 9.47 Å². The molecule has 2 aromatic carbocycles. The van der Waals surface area contributed by atoms with E-state index in [1.165, 1.54) is 42.8 Å². The van der Waals surface area contributed by atoms with E-state index in [0.29, 0.717) is 10.8 Å². The smallest absolute Gasteiger partial charge is 0.336 e. The summed E-state index contributed by atoms with van der Waals surface area (Å²) in [5.74, 6) is -0.666. The van der Waals surface area contributed by atoms with Crippen LogP contribution in [0.3, 0.4) is 0 Å². The molecule has 0 saturated heterocycles. The number of fused-ring (bicyclic) bond motifs is 1. The SMILES string of the molecule is N#COc1ccc2c(OC#N)ccc(C(=O)O)c2c1. The minimum atomic E-state index is -1.12. The maximum atomic E-state index is 11.1. The summed E-state index contributed by atoms with van der Waals surface area (Å²) in [5, 5.41) is 26.9. The van der Waals surface area contributed by atoms with Gasteiger partial charge in [0.15, 0.2) is 0 Å². The van der Waals surface area contributed by atoms with Gasteiger partial charge in [0.1, 0.15) is 11.5 Å². The van der Waals surface area contributed by atoms with Gasteiger partial charge in [0.2, 0.25) is 0 Å². The van der Waals surface area contributed by atoms with E-state index in [0.717, 1.165) is 0 Å². The molecule has 6 heteroatoms. The highest BCUT2D eigenvalue weighted by Gasteiger charge is 2.13. The van der Waals surface area contributed by atoms with E-state index in [4.69, 9.17) is 20.4 Å². The number of nitrogens with zero attached hydrogens (tertiary/aromatic N) is 2. The molecule has 0 fully saturated rings. The van der Waals surface area contributed by atoms with Crippen molar-refractivity contribution in [1.82, 2.24) is 0 Å². The van der Waals surface area contributed by atoms with Gasteiger partial charge in [-0.15, -0.1) is 10.5 Å². The molecule has 0 heterocycles. The van der Waals surface area contributed by atoms with Crippen LogP contribution in [0.15, 0.2) is 30.3 Å². The Balaban J connectivity index is 2.74. The third kappa shape index (κ3) is 2.24. The molecule has 0 atom stereocenters. The summed E-state index contributed by atoms with van der Waals surface area (Å²) in [4.78, 5) is 11.1. The molecule has 0 bridgehead atoms.